The molecule has 1 aromatic carbocycles. The van der Waals surface area contributed by atoms with Crippen molar-refractivity contribution in [3.05, 3.63) is 29.3 Å². The molecule has 1 aliphatic rings. The normalized spacial score (nSPS) is 15.4. The molecule has 1 N–H and O–H groups in total. The smallest absolute Gasteiger partial charge is 0.315 e. The highest BCUT2D eigenvalue weighted by Gasteiger charge is 2.25. The number of fused-ring (bicyclic) bond motifs is 1. The quantitative estimate of drug-likeness (QED) is 0.540. The van der Waals surface area contributed by atoms with Crippen LogP contribution in [-0.2, 0) is 14.9 Å². The fourth-order valence-corrected chi connectivity index (χ4v) is 3.53. The third-order valence-corrected chi connectivity index (χ3v) is 5.15. The summed E-state index contributed by atoms with van der Waals surface area (Å²) in [5.41, 5.74) is 2.69. The van der Waals surface area contributed by atoms with Gasteiger partial charge in [-0.2, -0.15) is 0 Å². The summed E-state index contributed by atoms with van der Waals surface area (Å²) in [6.07, 6.45) is -0.347. The number of aromatic nitrogens is 3. The Morgan fingerprint density at radius 1 is 1.09 bits per heavy atom. The van der Waals surface area contributed by atoms with Gasteiger partial charge in [0.1, 0.15) is 11.4 Å². The van der Waals surface area contributed by atoms with E-state index in [2.05, 4.69) is 15.5 Å². The molecule has 10 heteroatoms. The summed E-state index contributed by atoms with van der Waals surface area (Å²) >= 11 is 0. The van der Waals surface area contributed by atoms with Gasteiger partial charge in [-0.05, 0) is 41.7 Å². The molecular weight excluding hydrogens is 434 g/mol. The summed E-state index contributed by atoms with van der Waals surface area (Å²) in [7, 11) is 0. The second kappa shape index (κ2) is 8.83. The van der Waals surface area contributed by atoms with Crippen LogP contribution < -0.4 is 10.1 Å². The van der Waals surface area contributed by atoms with E-state index in [1.165, 1.54) is 0 Å². The lowest BCUT2D eigenvalue weighted by atomic mass is 9.84. The van der Waals surface area contributed by atoms with Gasteiger partial charge in [-0.1, -0.05) is 25.9 Å². The van der Waals surface area contributed by atoms with E-state index in [9.17, 15) is 8.78 Å². The maximum absolute atomic E-state index is 13.3. The van der Waals surface area contributed by atoms with Gasteiger partial charge in [0.05, 0.1) is 25.3 Å². The summed E-state index contributed by atoms with van der Waals surface area (Å²) in [4.78, 5) is 4.80. The Bertz CT molecular complexity index is 1130. The van der Waals surface area contributed by atoms with Crippen LogP contribution in [-0.4, -0.2) is 53.8 Å². The third kappa shape index (κ3) is 5.56. The first-order valence-electron chi connectivity index (χ1n) is 10.8. The molecule has 3 heterocycles. The molecule has 0 radical (unpaired) electrons. The summed E-state index contributed by atoms with van der Waals surface area (Å²) in [6, 6.07) is 5.58. The molecule has 0 saturated carbocycles. The molecule has 0 aliphatic carbocycles. The fourth-order valence-electron chi connectivity index (χ4n) is 3.53. The average molecular weight is 462 g/mol. The van der Waals surface area contributed by atoms with E-state index in [-0.39, 0.29) is 23.6 Å². The zero-order chi connectivity index (χ0) is 23.8. The standard InChI is InChI=1S/C23H28F2N4O4/c1-13-8-17(20-28-29-21(33-20)26-11-18-30-6-7-31-18)27-19-15(13)9-14(32-12-23(5,24)25)10-16(19)22(2,3)4/h8-10,18H,6-7,11-12H2,1-5H3,(H,26,29). The molecule has 2 aromatic heterocycles. The highest BCUT2D eigenvalue weighted by molar-refractivity contribution is 5.89. The van der Waals surface area contributed by atoms with Gasteiger partial charge in [0.25, 0.3) is 11.8 Å². The first-order valence-corrected chi connectivity index (χ1v) is 10.8. The number of ether oxygens (including phenoxy) is 3. The van der Waals surface area contributed by atoms with Crippen LogP contribution in [0.3, 0.4) is 0 Å². The molecule has 0 bridgehead atoms. The molecule has 33 heavy (non-hydrogen) atoms. The maximum atomic E-state index is 13.3. The molecule has 4 rings (SSSR count). The van der Waals surface area contributed by atoms with Crippen LogP contribution in [0.1, 0.15) is 38.8 Å². The molecule has 1 saturated heterocycles. The van der Waals surface area contributed by atoms with Crippen LogP contribution in [0.5, 0.6) is 5.75 Å². The van der Waals surface area contributed by atoms with Crippen LogP contribution in [0.4, 0.5) is 14.8 Å². The Morgan fingerprint density at radius 2 is 1.82 bits per heavy atom. The van der Waals surface area contributed by atoms with E-state index >= 15 is 0 Å². The van der Waals surface area contributed by atoms with E-state index in [0.29, 0.717) is 31.2 Å². The van der Waals surface area contributed by atoms with Crippen LogP contribution in [0, 0.1) is 6.92 Å². The van der Waals surface area contributed by atoms with Crippen LogP contribution in [0.2, 0.25) is 0 Å². The third-order valence-electron chi connectivity index (χ3n) is 5.15. The zero-order valence-electron chi connectivity index (χ0n) is 19.4. The molecule has 0 unspecified atom stereocenters. The minimum Gasteiger partial charge on any atom is -0.487 e. The van der Waals surface area contributed by atoms with Crippen molar-refractivity contribution in [1.29, 1.82) is 0 Å². The van der Waals surface area contributed by atoms with Gasteiger partial charge in [0.15, 0.2) is 12.9 Å². The molecule has 3 aromatic rings. The Labute approximate surface area is 190 Å². The number of rotatable bonds is 7. The number of benzene rings is 1. The summed E-state index contributed by atoms with van der Waals surface area (Å²) in [5.74, 6) is -2.28. The largest absolute Gasteiger partial charge is 0.487 e. The van der Waals surface area contributed by atoms with E-state index in [1.54, 1.807) is 12.1 Å². The molecule has 0 atom stereocenters. The van der Waals surface area contributed by atoms with Crippen molar-refractivity contribution >= 4 is 16.9 Å². The van der Waals surface area contributed by atoms with E-state index in [1.807, 2.05) is 33.8 Å². The second-order valence-electron chi connectivity index (χ2n) is 9.26. The fraction of sp³-hybridized carbons (Fsp3) is 0.522. The molecule has 8 nitrogen and oxygen atoms in total. The van der Waals surface area contributed by atoms with Gasteiger partial charge in [-0.25, -0.2) is 13.8 Å². The van der Waals surface area contributed by atoms with Crippen molar-refractivity contribution in [3.63, 3.8) is 0 Å². The highest BCUT2D eigenvalue weighted by atomic mass is 19.3. The van der Waals surface area contributed by atoms with Crippen molar-refractivity contribution in [2.45, 2.75) is 52.2 Å². The first kappa shape index (κ1) is 23.3. The van der Waals surface area contributed by atoms with E-state index in [0.717, 1.165) is 29.0 Å². The Kier molecular flexibility index (Phi) is 6.24. The lowest BCUT2D eigenvalue weighted by molar-refractivity contribution is -0.0302. The number of halogens is 2. The SMILES string of the molecule is Cc1cc(-c2nnc(NCC3OCCO3)o2)nc2c(C(C)(C)C)cc(OCC(C)(F)F)cc12. The predicted molar refractivity (Wildman–Crippen MR) is 119 cm³/mol. The van der Waals surface area contributed by atoms with Crippen LogP contribution in [0.25, 0.3) is 22.5 Å². The molecular formula is C23H28F2N4O4. The van der Waals surface area contributed by atoms with Crippen molar-refractivity contribution in [1.82, 2.24) is 15.2 Å². The van der Waals surface area contributed by atoms with Gasteiger partial charge < -0.3 is 23.9 Å². The molecule has 1 aliphatic heterocycles. The topological polar surface area (TPSA) is 91.5 Å². The number of hydrogen-bond acceptors (Lipinski definition) is 8. The number of nitrogens with zero attached hydrogens (tertiary/aromatic N) is 3. The van der Waals surface area contributed by atoms with Gasteiger partial charge in [0, 0.05) is 12.3 Å². The lowest BCUT2D eigenvalue weighted by Crippen LogP contribution is -2.21. The summed E-state index contributed by atoms with van der Waals surface area (Å²) in [6.45, 7) is 9.67. The molecule has 178 valence electrons. The number of aryl methyl sites for hydroxylation is 1. The van der Waals surface area contributed by atoms with Crippen molar-refractivity contribution in [2.24, 2.45) is 0 Å². The van der Waals surface area contributed by atoms with Crippen molar-refractivity contribution in [3.8, 4) is 17.3 Å². The first-order chi connectivity index (χ1) is 15.5. The Balaban J connectivity index is 1.67. The highest BCUT2D eigenvalue weighted by Crippen LogP contribution is 2.36. The van der Waals surface area contributed by atoms with Gasteiger partial charge in [-0.3, -0.25) is 0 Å². The van der Waals surface area contributed by atoms with Gasteiger partial charge in [0.2, 0.25) is 0 Å². The number of nitrogens with one attached hydrogen (secondary N) is 1. The minimum absolute atomic E-state index is 0.240. The van der Waals surface area contributed by atoms with E-state index in [4.69, 9.17) is 23.6 Å². The lowest BCUT2D eigenvalue weighted by Gasteiger charge is -2.23. The number of anilines is 1. The number of pyridine rings is 1. The minimum atomic E-state index is -2.92. The number of hydrogen-bond donors (Lipinski definition) is 1. The maximum Gasteiger partial charge on any atom is 0.315 e. The summed E-state index contributed by atoms with van der Waals surface area (Å²) in [5, 5.41) is 12.0. The zero-order valence-corrected chi connectivity index (χ0v) is 19.4. The average Bonchev–Trinajstić information content (AvgIpc) is 3.41. The van der Waals surface area contributed by atoms with Crippen LogP contribution in [0.15, 0.2) is 22.6 Å². The number of alkyl halides is 2. The molecule has 0 spiro atoms. The summed E-state index contributed by atoms with van der Waals surface area (Å²) < 4.78 is 48.6. The van der Waals surface area contributed by atoms with Gasteiger partial charge in [-0.15, -0.1) is 5.10 Å². The Morgan fingerprint density at radius 3 is 2.48 bits per heavy atom. The van der Waals surface area contributed by atoms with Crippen LogP contribution >= 0.6 is 0 Å². The van der Waals surface area contributed by atoms with E-state index < -0.39 is 12.5 Å². The molecule has 1 fully saturated rings. The Hall–Kier alpha value is -2.85. The van der Waals surface area contributed by atoms with Crippen molar-refractivity contribution in [2.75, 3.05) is 31.7 Å². The predicted octanol–water partition coefficient (Wildman–Crippen LogP) is 4.71. The van der Waals surface area contributed by atoms with Gasteiger partial charge >= 0.3 is 6.01 Å². The molecule has 0 amide bonds. The second-order valence-corrected chi connectivity index (χ2v) is 9.26. The monoisotopic (exact) mass is 462 g/mol. The van der Waals surface area contributed by atoms with Crippen molar-refractivity contribution < 1.29 is 27.4 Å².